The number of hydrogen-bond acceptors (Lipinski definition) is 5. The van der Waals surface area contributed by atoms with Gasteiger partial charge in [-0.15, -0.1) is 0 Å². The fraction of sp³-hybridized carbons (Fsp3) is 0.400. The number of rotatable bonds is 4. The minimum absolute atomic E-state index is 0.440. The van der Waals surface area contributed by atoms with Crippen LogP contribution in [-0.2, 0) is 19.2 Å². The van der Waals surface area contributed by atoms with Crippen molar-refractivity contribution in [3.63, 3.8) is 0 Å². The van der Waals surface area contributed by atoms with Crippen molar-refractivity contribution in [3.8, 4) is 0 Å². The summed E-state index contributed by atoms with van der Waals surface area (Å²) in [5.41, 5.74) is 3.67. The van der Waals surface area contributed by atoms with E-state index in [1.807, 2.05) is 0 Å². The lowest BCUT2D eigenvalue weighted by molar-refractivity contribution is -0.146. The predicted octanol–water partition coefficient (Wildman–Crippen LogP) is -1.91. The first-order valence-corrected chi connectivity index (χ1v) is 5.14. The maximum Gasteiger partial charge on any atom is 0.328 e. The average Bonchev–Trinajstić information content (AvgIpc) is 2.66. The van der Waals surface area contributed by atoms with E-state index in [1.54, 1.807) is 0 Å². The molecule has 0 spiro atoms. The number of carbonyl (C=O) groups excluding carboxylic acids is 1. The fourth-order valence-corrected chi connectivity index (χ4v) is 1.78. The van der Waals surface area contributed by atoms with Gasteiger partial charge in [0.2, 0.25) is 5.91 Å². The minimum Gasteiger partial charge on any atom is -0.480 e. The van der Waals surface area contributed by atoms with Crippen molar-refractivity contribution in [2.24, 2.45) is 5.73 Å². The largest absolute Gasteiger partial charge is 0.480 e. The zero-order chi connectivity index (χ0) is 14.8. The summed E-state index contributed by atoms with van der Waals surface area (Å²) in [6, 6.07) is -1.40. The first-order chi connectivity index (χ1) is 8.67. The number of nitrogens with two attached hydrogens (primary N) is 1. The highest BCUT2D eigenvalue weighted by atomic mass is 16.4. The third-order valence-corrected chi connectivity index (χ3v) is 2.75. The number of hydrogen-bond donors (Lipinski definition) is 4. The monoisotopic (exact) mass is 272 g/mol. The highest BCUT2D eigenvalue weighted by Gasteiger charge is 2.50. The molecular weight excluding hydrogens is 260 g/mol. The number of likely N-dealkylation sites (tertiary alicyclic amines) is 1. The van der Waals surface area contributed by atoms with Crippen LogP contribution in [0, 0.1) is 0 Å². The van der Waals surface area contributed by atoms with Gasteiger partial charge in [-0.2, -0.15) is 0 Å². The lowest BCUT2D eigenvalue weighted by Crippen LogP contribution is -2.50. The Hall–Kier alpha value is -2.42. The van der Waals surface area contributed by atoms with E-state index >= 15 is 0 Å². The topological polar surface area (TPSA) is 158 Å². The molecule has 1 heterocycles. The van der Waals surface area contributed by atoms with Crippen LogP contribution in [0.4, 0.5) is 0 Å². The van der Waals surface area contributed by atoms with E-state index in [9.17, 15) is 19.2 Å². The number of aliphatic carboxylic acids is 3. The highest BCUT2D eigenvalue weighted by molar-refractivity contribution is 5.97. The van der Waals surface area contributed by atoms with Gasteiger partial charge in [-0.3, -0.25) is 9.59 Å². The van der Waals surface area contributed by atoms with Crippen LogP contribution in [0.1, 0.15) is 6.42 Å². The second-order valence-electron chi connectivity index (χ2n) is 4.16. The molecule has 1 fully saturated rings. The molecular formula is C10H12N2O7. The van der Waals surface area contributed by atoms with E-state index in [1.165, 1.54) is 0 Å². The molecule has 19 heavy (non-hydrogen) atoms. The molecule has 0 aromatic rings. The maximum atomic E-state index is 11.6. The van der Waals surface area contributed by atoms with Crippen molar-refractivity contribution in [2.75, 3.05) is 6.54 Å². The van der Waals surface area contributed by atoms with Crippen LogP contribution in [0.2, 0.25) is 0 Å². The molecule has 1 aliphatic rings. The SMILES string of the molecule is N[C@]1(C(=O)O)C[C@@H](C(=O)O)N(C(=O)/C=C\C(=O)O)C1. The van der Waals surface area contributed by atoms with Crippen molar-refractivity contribution < 1.29 is 34.5 Å². The summed E-state index contributed by atoms with van der Waals surface area (Å²) in [6.45, 7) is -0.498. The van der Waals surface area contributed by atoms with E-state index in [0.717, 1.165) is 4.90 Å². The Kier molecular flexibility index (Phi) is 3.90. The highest BCUT2D eigenvalue weighted by Crippen LogP contribution is 2.26. The lowest BCUT2D eigenvalue weighted by Gasteiger charge is -2.20. The molecule has 0 bridgehead atoms. The number of amides is 1. The number of carboxylic acid groups (broad SMARTS) is 3. The van der Waals surface area contributed by atoms with Crippen LogP contribution >= 0.6 is 0 Å². The van der Waals surface area contributed by atoms with Gasteiger partial charge in [0.1, 0.15) is 11.6 Å². The summed E-state index contributed by atoms with van der Waals surface area (Å²) in [7, 11) is 0. The molecule has 0 aromatic carbocycles. The summed E-state index contributed by atoms with van der Waals surface area (Å²) in [5, 5.41) is 26.2. The molecule has 0 aromatic heterocycles. The van der Waals surface area contributed by atoms with Gasteiger partial charge < -0.3 is 26.0 Å². The fourth-order valence-electron chi connectivity index (χ4n) is 1.78. The Labute approximate surface area is 106 Å². The lowest BCUT2D eigenvalue weighted by atomic mass is 9.98. The summed E-state index contributed by atoms with van der Waals surface area (Å²) in [5.74, 6) is -5.11. The molecule has 9 nitrogen and oxygen atoms in total. The third kappa shape index (κ3) is 3.07. The first kappa shape index (κ1) is 14.6. The van der Waals surface area contributed by atoms with Gasteiger partial charge in [-0.1, -0.05) is 0 Å². The molecule has 0 aliphatic carbocycles. The Balaban J connectivity index is 2.98. The Morgan fingerprint density at radius 3 is 2.16 bits per heavy atom. The summed E-state index contributed by atoms with van der Waals surface area (Å²) >= 11 is 0. The molecule has 1 rings (SSSR count). The standard InChI is InChI=1S/C10H12N2O7/c11-10(9(18)19)3-5(8(16)17)12(4-10)6(13)1-2-7(14)15/h1-2,5H,3-4,11H2,(H,14,15)(H,16,17)(H,18,19)/b2-1-/t5-,10+/m0/s1. The van der Waals surface area contributed by atoms with Gasteiger partial charge in [-0.05, 0) is 0 Å². The number of carbonyl (C=O) groups is 4. The average molecular weight is 272 g/mol. The zero-order valence-electron chi connectivity index (χ0n) is 9.65. The van der Waals surface area contributed by atoms with Gasteiger partial charge in [0.25, 0.3) is 0 Å². The zero-order valence-corrected chi connectivity index (χ0v) is 9.65. The molecule has 0 saturated carbocycles. The predicted molar refractivity (Wildman–Crippen MR) is 59.1 cm³/mol. The summed E-state index contributed by atoms with van der Waals surface area (Å²) in [6.07, 6.45) is 0.759. The van der Waals surface area contributed by atoms with Crippen LogP contribution in [-0.4, -0.2) is 62.2 Å². The first-order valence-electron chi connectivity index (χ1n) is 5.14. The molecule has 104 valence electrons. The van der Waals surface area contributed by atoms with Gasteiger partial charge >= 0.3 is 17.9 Å². The summed E-state index contributed by atoms with van der Waals surface area (Å²) in [4.78, 5) is 44.6. The smallest absolute Gasteiger partial charge is 0.328 e. The normalized spacial score (nSPS) is 26.6. The quantitative estimate of drug-likeness (QED) is 0.432. The van der Waals surface area contributed by atoms with E-state index in [0.29, 0.717) is 12.2 Å². The van der Waals surface area contributed by atoms with E-state index < -0.39 is 48.4 Å². The van der Waals surface area contributed by atoms with E-state index in [-0.39, 0.29) is 0 Å². The minimum atomic E-state index is -1.85. The van der Waals surface area contributed by atoms with Crippen molar-refractivity contribution in [1.29, 1.82) is 0 Å². The maximum absolute atomic E-state index is 11.6. The van der Waals surface area contributed by atoms with Crippen LogP contribution in [0.3, 0.4) is 0 Å². The van der Waals surface area contributed by atoms with Crippen molar-refractivity contribution in [2.45, 2.75) is 18.0 Å². The van der Waals surface area contributed by atoms with Crippen LogP contribution in [0.15, 0.2) is 12.2 Å². The van der Waals surface area contributed by atoms with Gasteiger partial charge in [0.05, 0.1) is 6.54 Å². The van der Waals surface area contributed by atoms with Gasteiger partial charge in [0, 0.05) is 18.6 Å². The van der Waals surface area contributed by atoms with Crippen molar-refractivity contribution in [1.82, 2.24) is 4.90 Å². The molecule has 9 heteroatoms. The molecule has 1 saturated heterocycles. The Bertz CT molecular complexity index is 472. The van der Waals surface area contributed by atoms with Crippen LogP contribution in [0.5, 0.6) is 0 Å². The van der Waals surface area contributed by atoms with Gasteiger partial charge in [-0.25, -0.2) is 9.59 Å². The molecule has 0 unspecified atom stereocenters. The second kappa shape index (κ2) is 5.06. The molecule has 5 N–H and O–H groups in total. The second-order valence-corrected chi connectivity index (χ2v) is 4.16. The van der Waals surface area contributed by atoms with Crippen molar-refractivity contribution >= 4 is 23.8 Å². The van der Waals surface area contributed by atoms with Crippen LogP contribution < -0.4 is 5.73 Å². The number of carboxylic acids is 3. The number of nitrogens with zero attached hydrogens (tertiary/aromatic N) is 1. The summed E-state index contributed by atoms with van der Waals surface area (Å²) < 4.78 is 0. The van der Waals surface area contributed by atoms with Crippen LogP contribution in [0.25, 0.3) is 0 Å². The Morgan fingerprint density at radius 1 is 1.16 bits per heavy atom. The van der Waals surface area contributed by atoms with E-state index in [2.05, 4.69) is 0 Å². The Morgan fingerprint density at radius 2 is 1.74 bits per heavy atom. The third-order valence-electron chi connectivity index (χ3n) is 2.75. The van der Waals surface area contributed by atoms with Crippen molar-refractivity contribution in [3.05, 3.63) is 12.2 Å². The van der Waals surface area contributed by atoms with Gasteiger partial charge in [0.15, 0.2) is 0 Å². The molecule has 1 amide bonds. The molecule has 1 aliphatic heterocycles. The molecule has 2 atom stereocenters. The molecule has 0 radical (unpaired) electrons. The van der Waals surface area contributed by atoms with E-state index in [4.69, 9.17) is 21.1 Å².